The lowest BCUT2D eigenvalue weighted by Crippen LogP contribution is -2.20. The van der Waals surface area contributed by atoms with Gasteiger partial charge in [-0.15, -0.1) is 0 Å². The van der Waals surface area contributed by atoms with Gasteiger partial charge in [-0.3, -0.25) is 9.59 Å². The largest absolute Gasteiger partial charge is 0.360 e. The van der Waals surface area contributed by atoms with Gasteiger partial charge < -0.3 is 14.9 Å². The number of hydrogen-bond donors (Lipinski definition) is 2. The minimum absolute atomic E-state index is 0.180. The summed E-state index contributed by atoms with van der Waals surface area (Å²) in [5.41, 5.74) is 3.66. The minimum Gasteiger partial charge on any atom is -0.360 e. The summed E-state index contributed by atoms with van der Waals surface area (Å²) in [7, 11) is 1.69. The van der Waals surface area contributed by atoms with Crippen molar-refractivity contribution in [2.75, 3.05) is 5.32 Å². The molecule has 0 aliphatic heterocycles. The maximum Gasteiger partial charge on any atom is 0.260 e. The first kappa shape index (κ1) is 15.1. The molecule has 0 aliphatic carbocycles. The second-order valence-corrected chi connectivity index (χ2v) is 5.65. The Balaban J connectivity index is 2.07. The fourth-order valence-electron chi connectivity index (χ4n) is 2.87. The number of aromatic amines is 1. The lowest BCUT2D eigenvalue weighted by atomic mass is 10.1. The third kappa shape index (κ3) is 2.54. The third-order valence-electron chi connectivity index (χ3n) is 4.09. The number of carbonyl (C=O) groups excluding carboxylic acids is 1. The Morgan fingerprint density at radius 2 is 2.04 bits per heavy atom. The second-order valence-electron chi connectivity index (χ2n) is 5.65. The average Bonchev–Trinajstić information content (AvgIpc) is 2.99. The van der Waals surface area contributed by atoms with E-state index in [2.05, 4.69) is 10.3 Å². The molecule has 0 fully saturated rings. The Hall–Kier alpha value is -2.82. The maximum atomic E-state index is 12.7. The van der Waals surface area contributed by atoms with E-state index in [-0.39, 0.29) is 11.5 Å². The van der Waals surface area contributed by atoms with Crippen molar-refractivity contribution in [3.63, 3.8) is 0 Å². The zero-order valence-electron chi connectivity index (χ0n) is 13.4. The summed E-state index contributed by atoms with van der Waals surface area (Å²) in [5, 5.41) is 3.34. The highest BCUT2D eigenvalue weighted by Gasteiger charge is 2.18. The molecule has 2 heterocycles. The van der Waals surface area contributed by atoms with Crippen LogP contribution < -0.4 is 10.9 Å². The number of amides is 1. The minimum atomic E-state index is -0.278. The van der Waals surface area contributed by atoms with Gasteiger partial charge in [-0.25, -0.2) is 0 Å². The Morgan fingerprint density at radius 1 is 1.30 bits per heavy atom. The standard InChI is InChI=1S/C18H19N3O2/c1-4-12-7-5-6-8-14(12)20-17(22)13-9-19-16-11(2)10-21(3)18(23)15(13)16/h5-10,19H,4H2,1-3H3,(H,20,22). The molecule has 0 bridgehead atoms. The molecule has 5 heteroatoms. The summed E-state index contributed by atoms with van der Waals surface area (Å²) in [4.78, 5) is 28.1. The predicted octanol–water partition coefficient (Wildman–Crippen LogP) is 2.99. The van der Waals surface area contributed by atoms with Gasteiger partial charge in [-0.2, -0.15) is 0 Å². The molecular weight excluding hydrogens is 290 g/mol. The number of para-hydroxylation sites is 1. The van der Waals surface area contributed by atoms with Crippen LogP contribution in [-0.2, 0) is 13.5 Å². The zero-order chi connectivity index (χ0) is 16.6. The van der Waals surface area contributed by atoms with Crippen molar-refractivity contribution in [1.82, 2.24) is 9.55 Å². The van der Waals surface area contributed by atoms with Crippen molar-refractivity contribution < 1.29 is 4.79 Å². The molecule has 0 saturated carbocycles. The van der Waals surface area contributed by atoms with Crippen LogP contribution in [0.1, 0.15) is 28.4 Å². The Bertz CT molecular complexity index is 951. The van der Waals surface area contributed by atoms with Gasteiger partial charge in [-0.1, -0.05) is 25.1 Å². The third-order valence-corrected chi connectivity index (χ3v) is 4.09. The number of benzene rings is 1. The van der Waals surface area contributed by atoms with Gasteiger partial charge in [0.1, 0.15) is 0 Å². The molecule has 3 rings (SSSR count). The van der Waals surface area contributed by atoms with Gasteiger partial charge in [0.05, 0.1) is 16.5 Å². The lowest BCUT2D eigenvalue weighted by molar-refractivity contribution is 0.102. The second kappa shape index (κ2) is 5.76. The number of anilines is 1. The van der Waals surface area contributed by atoms with Crippen LogP contribution in [0.3, 0.4) is 0 Å². The monoisotopic (exact) mass is 309 g/mol. The summed E-state index contributed by atoms with van der Waals surface area (Å²) >= 11 is 0. The zero-order valence-corrected chi connectivity index (χ0v) is 13.4. The summed E-state index contributed by atoms with van der Waals surface area (Å²) in [5.74, 6) is -0.278. The van der Waals surface area contributed by atoms with Crippen molar-refractivity contribution >= 4 is 22.5 Å². The van der Waals surface area contributed by atoms with Gasteiger partial charge in [0, 0.05) is 25.1 Å². The molecule has 3 aromatic rings. The van der Waals surface area contributed by atoms with Crippen LogP contribution in [-0.4, -0.2) is 15.5 Å². The molecule has 1 amide bonds. The fourth-order valence-corrected chi connectivity index (χ4v) is 2.87. The first-order chi connectivity index (χ1) is 11.0. The van der Waals surface area contributed by atoms with Crippen LogP contribution in [0.5, 0.6) is 0 Å². The highest BCUT2D eigenvalue weighted by atomic mass is 16.2. The van der Waals surface area contributed by atoms with Crippen molar-refractivity contribution in [2.45, 2.75) is 20.3 Å². The number of pyridine rings is 1. The number of nitrogens with zero attached hydrogens (tertiary/aromatic N) is 1. The van der Waals surface area contributed by atoms with Gasteiger partial charge in [-0.05, 0) is 30.5 Å². The van der Waals surface area contributed by atoms with E-state index in [4.69, 9.17) is 0 Å². The van der Waals surface area contributed by atoms with Crippen LogP contribution >= 0.6 is 0 Å². The Morgan fingerprint density at radius 3 is 2.78 bits per heavy atom. The smallest absolute Gasteiger partial charge is 0.260 e. The summed E-state index contributed by atoms with van der Waals surface area (Å²) in [6, 6.07) is 7.68. The number of rotatable bonds is 3. The predicted molar refractivity (Wildman–Crippen MR) is 92.0 cm³/mol. The molecule has 0 spiro atoms. The van der Waals surface area contributed by atoms with E-state index in [1.807, 2.05) is 38.1 Å². The van der Waals surface area contributed by atoms with Crippen LogP contribution in [0.2, 0.25) is 0 Å². The Labute approximate surface area is 134 Å². The van der Waals surface area contributed by atoms with Gasteiger partial charge in [0.25, 0.3) is 11.5 Å². The number of aryl methyl sites for hydroxylation is 3. The Kier molecular flexibility index (Phi) is 3.78. The van der Waals surface area contributed by atoms with E-state index < -0.39 is 0 Å². The molecule has 2 N–H and O–H groups in total. The molecule has 118 valence electrons. The van der Waals surface area contributed by atoms with Crippen molar-refractivity contribution in [3.05, 3.63) is 63.7 Å². The van der Waals surface area contributed by atoms with Crippen molar-refractivity contribution in [1.29, 1.82) is 0 Å². The molecule has 23 heavy (non-hydrogen) atoms. The first-order valence-electron chi connectivity index (χ1n) is 7.59. The quantitative estimate of drug-likeness (QED) is 0.781. The van der Waals surface area contributed by atoms with Crippen LogP contribution in [0.25, 0.3) is 10.9 Å². The van der Waals surface area contributed by atoms with E-state index in [9.17, 15) is 9.59 Å². The van der Waals surface area contributed by atoms with Crippen LogP contribution in [0.4, 0.5) is 5.69 Å². The van der Waals surface area contributed by atoms with Crippen molar-refractivity contribution in [2.24, 2.45) is 7.05 Å². The summed E-state index contributed by atoms with van der Waals surface area (Å²) in [6.07, 6.45) is 4.18. The van der Waals surface area contributed by atoms with E-state index in [0.29, 0.717) is 16.5 Å². The van der Waals surface area contributed by atoms with Gasteiger partial charge in [0.15, 0.2) is 0 Å². The van der Waals surface area contributed by atoms with Crippen LogP contribution in [0.15, 0.2) is 41.5 Å². The molecule has 5 nitrogen and oxygen atoms in total. The average molecular weight is 309 g/mol. The summed E-state index contributed by atoms with van der Waals surface area (Å²) < 4.78 is 1.50. The number of aromatic nitrogens is 2. The van der Waals surface area contributed by atoms with E-state index in [0.717, 1.165) is 23.2 Å². The van der Waals surface area contributed by atoms with Gasteiger partial charge >= 0.3 is 0 Å². The molecule has 2 aromatic heterocycles. The molecule has 0 aliphatic rings. The van der Waals surface area contributed by atoms with Crippen molar-refractivity contribution in [3.8, 4) is 0 Å². The number of carbonyl (C=O) groups is 1. The fraction of sp³-hybridized carbons (Fsp3) is 0.222. The number of hydrogen-bond acceptors (Lipinski definition) is 2. The first-order valence-corrected chi connectivity index (χ1v) is 7.59. The lowest BCUT2D eigenvalue weighted by Gasteiger charge is -2.09. The van der Waals surface area contributed by atoms with E-state index >= 15 is 0 Å². The van der Waals surface area contributed by atoms with Gasteiger partial charge in [0.2, 0.25) is 0 Å². The molecule has 0 radical (unpaired) electrons. The maximum absolute atomic E-state index is 12.7. The molecule has 0 atom stereocenters. The van der Waals surface area contributed by atoms with E-state index in [1.165, 1.54) is 4.57 Å². The van der Waals surface area contributed by atoms with E-state index in [1.54, 1.807) is 19.4 Å². The number of nitrogens with one attached hydrogen (secondary N) is 2. The topological polar surface area (TPSA) is 66.9 Å². The summed E-state index contributed by atoms with van der Waals surface area (Å²) in [6.45, 7) is 3.95. The highest BCUT2D eigenvalue weighted by Crippen LogP contribution is 2.21. The molecule has 0 saturated heterocycles. The highest BCUT2D eigenvalue weighted by molar-refractivity contribution is 6.13. The number of fused-ring (bicyclic) bond motifs is 1. The normalized spacial score (nSPS) is 10.9. The molecular formula is C18H19N3O2. The molecule has 1 aromatic carbocycles. The SMILES string of the molecule is CCc1ccccc1NC(=O)c1c[nH]c2c(C)cn(C)c(=O)c12. The molecule has 0 unspecified atom stereocenters. The number of H-pyrrole nitrogens is 1. The van der Waals surface area contributed by atoms with Crippen LogP contribution in [0, 0.1) is 6.92 Å².